The van der Waals surface area contributed by atoms with Crippen molar-refractivity contribution in [2.45, 2.75) is 36.6 Å². The van der Waals surface area contributed by atoms with Gasteiger partial charge in [-0.3, -0.25) is 9.36 Å². The minimum Gasteiger partial charge on any atom is -0.368 e. The average Bonchev–Trinajstić information content (AvgIpc) is 3.07. The Morgan fingerprint density at radius 3 is 2.96 bits per heavy atom. The molecule has 0 saturated heterocycles. The maximum atomic E-state index is 12.5. The highest BCUT2D eigenvalue weighted by atomic mass is 32.2. The van der Waals surface area contributed by atoms with E-state index in [9.17, 15) is 4.79 Å². The summed E-state index contributed by atoms with van der Waals surface area (Å²) in [4.78, 5) is 22.2. The first kappa shape index (κ1) is 14.7. The molecule has 0 aromatic carbocycles. The number of nitrogens with one attached hydrogen (secondary N) is 1. The van der Waals surface area contributed by atoms with Crippen molar-refractivity contribution in [3.8, 4) is 0 Å². The van der Waals surface area contributed by atoms with Crippen LogP contribution in [0.5, 0.6) is 0 Å². The molecule has 0 spiro atoms. The van der Waals surface area contributed by atoms with Crippen molar-refractivity contribution in [1.29, 1.82) is 0 Å². The molecule has 0 bridgehead atoms. The van der Waals surface area contributed by atoms with Gasteiger partial charge in [-0.25, -0.2) is 4.98 Å². The number of H-pyrrole nitrogens is 1. The van der Waals surface area contributed by atoms with E-state index >= 15 is 0 Å². The fourth-order valence-electron chi connectivity index (χ4n) is 2.86. The third-order valence-corrected chi connectivity index (χ3v) is 6.30. The van der Waals surface area contributed by atoms with Crippen molar-refractivity contribution < 1.29 is 0 Å². The first-order valence-electron chi connectivity index (χ1n) is 7.44. The van der Waals surface area contributed by atoms with Gasteiger partial charge < -0.3 is 10.7 Å². The summed E-state index contributed by atoms with van der Waals surface area (Å²) in [5.41, 5.74) is 6.86. The Bertz CT molecular complexity index is 941. The molecule has 7 nitrogen and oxygen atoms in total. The lowest BCUT2D eigenvalue weighted by Crippen LogP contribution is -2.12. The Hall–Kier alpha value is -1.87. The molecule has 9 heteroatoms. The van der Waals surface area contributed by atoms with Crippen LogP contribution >= 0.6 is 23.1 Å². The van der Waals surface area contributed by atoms with E-state index in [1.54, 1.807) is 15.9 Å². The van der Waals surface area contributed by atoms with Crippen molar-refractivity contribution in [2.75, 3.05) is 5.73 Å². The van der Waals surface area contributed by atoms with E-state index in [-0.39, 0.29) is 5.56 Å². The molecule has 0 saturated carbocycles. The van der Waals surface area contributed by atoms with Gasteiger partial charge >= 0.3 is 0 Å². The normalized spacial score (nSPS) is 14.3. The van der Waals surface area contributed by atoms with E-state index in [2.05, 4.69) is 20.2 Å². The highest BCUT2D eigenvalue weighted by Gasteiger charge is 2.20. The second-order valence-corrected chi connectivity index (χ2v) is 7.62. The molecule has 1 aliphatic rings. The standard InChI is InChI=1S/C14H16N6OS2/c1-20-13(15)18-19-14(20)22-6-9-16-11(21)10-7-4-2-3-5-8(7)23-12(10)17-9/h2-6H2,1H3,(H2,15,18)(H,16,17,21). The lowest BCUT2D eigenvalue weighted by atomic mass is 9.97. The number of anilines is 1. The molecule has 0 unspecified atom stereocenters. The molecule has 0 amide bonds. The van der Waals surface area contributed by atoms with Crippen LogP contribution in [0.1, 0.15) is 29.1 Å². The SMILES string of the molecule is Cn1c(N)nnc1SCc1nc2sc3c(c2c(=O)[nH]1)CCCC3. The quantitative estimate of drug-likeness (QED) is 0.701. The second kappa shape index (κ2) is 5.64. The van der Waals surface area contributed by atoms with E-state index in [1.165, 1.54) is 28.6 Å². The summed E-state index contributed by atoms with van der Waals surface area (Å²) in [7, 11) is 1.81. The third kappa shape index (κ3) is 2.53. The summed E-state index contributed by atoms with van der Waals surface area (Å²) >= 11 is 3.12. The zero-order valence-corrected chi connectivity index (χ0v) is 14.3. The van der Waals surface area contributed by atoms with Crippen LogP contribution in [0.2, 0.25) is 0 Å². The van der Waals surface area contributed by atoms with Crippen LogP contribution in [-0.2, 0) is 25.6 Å². The van der Waals surface area contributed by atoms with Crippen molar-refractivity contribution in [3.63, 3.8) is 0 Å². The molecule has 3 N–H and O–H groups in total. The Balaban J connectivity index is 1.66. The predicted molar refractivity (Wildman–Crippen MR) is 91.9 cm³/mol. The van der Waals surface area contributed by atoms with Crippen LogP contribution in [0.25, 0.3) is 10.2 Å². The fraction of sp³-hybridized carbons (Fsp3) is 0.429. The number of fused-ring (bicyclic) bond motifs is 3. The van der Waals surface area contributed by atoms with Crippen molar-refractivity contribution in [3.05, 3.63) is 26.6 Å². The number of thioether (sulfide) groups is 1. The number of nitrogen functional groups attached to an aromatic ring is 1. The zero-order chi connectivity index (χ0) is 16.0. The number of thiophene rings is 1. The van der Waals surface area contributed by atoms with Gasteiger partial charge in [0.15, 0.2) is 5.16 Å². The maximum Gasteiger partial charge on any atom is 0.259 e. The maximum absolute atomic E-state index is 12.5. The molecule has 0 fully saturated rings. The van der Waals surface area contributed by atoms with Gasteiger partial charge in [0.25, 0.3) is 5.56 Å². The summed E-state index contributed by atoms with van der Waals surface area (Å²) in [6, 6.07) is 0. The lowest BCUT2D eigenvalue weighted by molar-refractivity contribution is 0.700. The van der Waals surface area contributed by atoms with Gasteiger partial charge in [0.05, 0.1) is 11.1 Å². The van der Waals surface area contributed by atoms with E-state index in [4.69, 9.17) is 5.73 Å². The highest BCUT2D eigenvalue weighted by molar-refractivity contribution is 7.98. The van der Waals surface area contributed by atoms with Crippen molar-refractivity contribution in [2.24, 2.45) is 7.05 Å². The van der Waals surface area contributed by atoms with Gasteiger partial charge in [0.1, 0.15) is 10.7 Å². The van der Waals surface area contributed by atoms with Gasteiger partial charge in [0, 0.05) is 11.9 Å². The minimum atomic E-state index is -0.0255. The highest BCUT2D eigenvalue weighted by Crippen LogP contribution is 2.33. The summed E-state index contributed by atoms with van der Waals surface area (Å²) < 4.78 is 1.71. The molecule has 3 heterocycles. The zero-order valence-electron chi connectivity index (χ0n) is 12.6. The summed E-state index contributed by atoms with van der Waals surface area (Å²) in [6.07, 6.45) is 4.42. The Morgan fingerprint density at radius 2 is 2.17 bits per heavy atom. The fourth-order valence-corrected chi connectivity index (χ4v) is 4.93. The molecule has 3 aromatic heterocycles. The van der Waals surface area contributed by atoms with Crippen molar-refractivity contribution >= 4 is 39.3 Å². The molecule has 3 aromatic rings. The summed E-state index contributed by atoms with van der Waals surface area (Å²) in [5.74, 6) is 1.56. The largest absolute Gasteiger partial charge is 0.368 e. The number of hydrogen-bond donors (Lipinski definition) is 2. The van der Waals surface area contributed by atoms with Crippen LogP contribution in [0.15, 0.2) is 9.95 Å². The summed E-state index contributed by atoms with van der Waals surface area (Å²) in [6.45, 7) is 0. The number of aromatic amines is 1. The Morgan fingerprint density at radius 1 is 1.35 bits per heavy atom. The topological polar surface area (TPSA) is 102 Å². The van der Waals surface area contributed by atoms with Crippen LogP contribution in [0, 0.1) is 0 Å². The molecule has 4 rings (SSSR count). The van der Waals surface area contributed by atoms with Crippen LogP contribution < -0.4 is 11.3 Å². The monoisotopic (exact) mass is 348 g/mol. The van der Waals surface area contributed by atoms with Gasteiger partial charge in [-0.15, -0.1) is 21.5 Å². The van der Waals surface area contributed by atoms with Gasteiger partial charge in [-0.05, 0) is 31.2 Å². The first-order chi connectivity index (χ1) is 11.1. The molecule has 0 radical (unpaired) electrons. The summed E-state index contributed by atoms with van der Waals surface area (Å²) in [5, 5.41) is 9.32. The molecule has 120 valence electrons. The molecule has 0 atom stereocenters. The predicted octanol–water partition coefficient (Wildman–Crippen LogP) is 1.87. The van der Waals surface area contributed by atoms with Gasteiger partial charge in [-0.1, -0.05) is 11.8 Å². The van der Waals surface area contributed by atoms with E-state index < -0.39 is 0 Å². The van der Waals surface area contributed by atoms with Gasteiger partial charge in [-0.2, -0.15) is 0 Å². The number of hydrogen-bond acceptors (Lipinski definition) is 7. The third-order valence-electron chi connectivity index (χ3n) is 4.08. The number of nitrogens with zero attached hydrogens (tertiary/aromatic N) is 4. The number of aryl methyl sites for hydroxylation is 2. The smallest absolute Gasteiger partial charge is 0.259 e. The Labute approximate surface area is 140 Å². The Kier molecular flexibility index (Phi) is 3.61. The number of nitrogens with two attached hydrogens (primary N) is 1. The minimum absolute atomic E-state index is 0.0255. The lowest BCUT2D eigenvalue weighted by Gasteiger charge is -2.09. The van der Waals surface area contributed by atoms with Crippen LogP contribution in [0.3, 0.4) is 0 Å². The first-order valence-corrected chi connectivity index (χ1v) is 9.25. The molecular formula is C14H16N6OS2. The van der Waals surface area contributed by atoms with E-state index in [0.717, 1.165) is 29.5 Å². The molecule has 0 aliphatic heterocycles. The van der Waals surface area contributed by atoms with Crippen LogP contribution in [0.4, 0.5) is 5.95 Å². The molecule has 1 aliphatic carbocycles. The van der Waals surface area contributed by atoms with E-state index in [0.29, 0.717) is 22.7 Å². The number of aromatic nitrogens is 5. The number of rotatable bonds is 3. The van der Waals surface area contributed by atoms with E-state index in [1.807, 2.05) is 7.05 Å². The molecule has 23 heavy (non-hydrogen) atoms. The van der Waals surface area contributed by atoms with Gasteiger partial charge in [0.2, 0.25) is 5.95 Å². The molecular weight excluding hydrogens is 332 g/mol. The second-order valence-electron chi connectivity index (χ2n) is 5.59. The van der Waals surface area contributed by atoms with Crippen LogP contribution in [-0.4, -0.2) is 24.7 Å². The average molecular weight is 348 g/mol. The van der Waals surface area contributed by atoms with Crippen molar-refractivity contribution in [1.82, 2.24) is 24.7 Å².